The van der Waals surface area contributed by atoms with Gasteiger partial charge in [-0.25, -0.2) is 9.37 Å². The lowest BCUT2D eigenvalue weighted by Gasteiger charge is -2.15. The van der Waals surface area contributed by atoms with E-state index in [0.29, 0.717) is 5.69 Å². The number of aromatic amines is 1. The predicted molar refractivity (Wildman–Crippen MR) is 55.5 cm³/mol. The minimum atomic E-state index is -0.394. The molecule has 0 unspecified atom stereocenters. The normalized spacial score (nSPS) is 10.1. The summed E-state index contributed by atoms with van der Waals surface area (Å²) in [5, 5.41) is 6.04. The first-order valence-electron chi connectivity index (χ1n) is 4.57. The van der Waals surface area contributed by atoms with E-state index in [4.69, 9.17) is 0 Å². The monoisotopic (exact) mass is 220 g/mol. The maximum absolute atomic E-state index is 13.0. The van der Waals surface area contributed by atoms with Gasteiger partial charge >= 0.3 is 0 Å². The number of hydrogen-bond acceptors (Lipinski definition) is 3. The molecule has 2 aromatic rings. The van der Waals surface area contributed by atoms with Crippen LogP contribution in [0.5, 0.6) is 0 Å². The molecule has 1 aromatic carbocycles. The molecule has 0 atom stereocenters. The second-order valence-electron chi connectivity index (χ2n) is 3.18. The second-order valence-corrected chi connectivity index (χ2v) is 3.18. The number of nitrogens with zero attached hydrogens (tertiary/aromatic N) is 3. The van der Waals surface area contributed by atoms with Crippen molar-refractivity contribution in [2.24, 2.45) is 0 Å². The lowest BCUT2D eigenvalue weighted by molar-refractivity contribution is 0.0983. The zero-order valence-corrected chi connectivity index (χ0v) is 8.51. The summed E-state index contributed by atoms with van der Waals surface area (Å²) in [5.41, 5.74) is 0.460. The van der Waals surface area contributed by atoms with Crippen LogP contribution in [0.4, 0.5) is 10.1 Å². The van der Waals surface area contributed by atoms with Crippen LogP contribution in [0, 0.1) is 5.82 Å². The molecule has 2 rings (SSSR count). The van der Waals surface area contributed by atoms with E-state index in [1.165, 1.54) is 29.4 Å². The number of halogens is 1. The molecule has 0 aliphatic carbocycles. The largest absolute Gasteiger partial charge is 0.309 e. The number of carbonyl (C=O) groups excluding carboxylic acids is 1. The number of nitrogens with one attached hydrogen (secondary N) is 1. The fourth-order valence-electron chi connectivity index (χ4n) is 1.27. The van der Waals surface area contributed by atoms with Crippen LogP contribution in [-0.2, 0) is 0 Å². The molecule has 1 heterocycles. The number of carbonyl (C=O) groups is 1. The van der Waals surface area contributed by atoms with Gasteiger partial charge < -0.3 is 4.90 Å². The van der Waals surface area contributed by atoms with Crippen molar-refractivity contribution in [1.82, 2.24) is 15.2 Å². The third kappa shape index (κ3) is 1.90. The standard InChI is InChI=1S/C10H9FN4O/c1-15(8-4-2-3-7(11)5-8)10(16)9-12-6-13-14-9/h2-6H,1H3,(H,12,13,14). The van der Waals surface area contributed by atoms with Crippen LogP contribution in [-0.4, -0.2) is 28.1 Å². The molecule has 1 N–H and O–H groups in total. The highest BCUT2D eigenvalue weighted by Crippen LogP contribution is 2.15. The average molecular weight is 220 g/mol. The first kappa shape index (κ1) is 10.3. The van der Waals surface area contributed by atoms with Crippen molar-refractivity contribution in [1.29, 1.82) is 0 Å². The molecule has 0 saturated carbocycles. The number of amides is 1. The van der Waals surface area contributed by atoms with Gasteiger partial charge in [0.15, 0.2) is 0 Å². The lowest BCUT2D eigenvalue weighted by Crippen LogP contribution is -2.27. The highest BCUT2D eigenvalue weighted by atomic mass is 19.1. The topological polar surface area (TPSA) is 61.9 Å². The van der Waals surface area contributed by atoms with E-state index in [9.17, 15) is 9.18 Å². The van der Waals surface area contributed by atoms with E-state index in [1.807, 2.05) is 0 Å². The fourth-order valence-corrected chi connectivity index (χ4v) is 1.27. The molecular weight excluding hydrogens is 211 g/mol. The summed E-state index contributed by atoms with van der Waals surface area (Å²) in [4.78, 5) is 16.8. The molecule has 0 fully saturated rings. The minimum absolute atomic E-state index is 0.117. The van der Waals surface area contributed by atoms with Gasteiger partial charge in [-0.1, -0.05) is 6.07 Å². The van der Waals surface area contributed by atoms with Gasteiger partial charge in [-0.15, -0.1) is 0 Å². The van der Waals surface area contributed by atoms with Gasteiger partial charge in [-0.2, -0.15) is 5.10 Å². The molecule has 0 aliphatic heterocycles. The Morgan fingerprint density at radius 2 is 2.31 bits per heavy atom. The summed E-state index contributed by atoms with van der Waals surface area (Å²) >= 11 is 0. The van der Waals surface area contributed by atoms with Crippen molar-refractivity contribution in [3.05, 3.63) is 42.2 Å². The van der Waals surface area contributed by atoms with Gasteiger partial charge in [0.2, 0.25) is 5.82 Å². The molecule has 1 amide bonds. The maximum atomic E-state index is 13.0. The van der Waals surface area contributed by atoms with E-state index in [-0.39, 0.29) is 11.7 Å². The van der Waals surface area contributed by atoms with Crippen molar-refractivity contribution in [3.63, 3.8) is 0 Å². The van der Waals surface area contributed by atoms with Gasteiger partial charge in [0.05, 0.1) is 0 Å². The first-order valence-corrected chi connectivity index (χ1v) is 4.57. The van der Waals surface area contributed by atoms with Crippen LogP contribution in [0.25, 0.3) is 0 Å². The quantitative estimate of drug-likeness (QED) is 0.827. The Bertz CT molecular complexity index is 497. The predicted octanol–water partition coefficient (Wildman–Crippen LogP) is 1.22. The summed E-state index contributed by atoms with van der Waals surface area (Å²) in [6.45, 7) is 0. The first-order chi connectivity index (χ1) is 7.68. The average Bonchev–Trinajstić information content (AvgIpc) is 2.80. The highest BCUT2D eigenvalue weighted by molar-refractivity contribution is 6.02. The number of H-pyrrole nitrogens is 1. The number of aromatic nitrogens is 3. The third-order valence-electron chi connectivity index (χ3n) is 2.12. The Morgan fingerprint density at radius 3 is 2.94 bits per heavy atom. The summed E-state index contributed by atoms with van der Waals surface area (Å²) in [7, 11) is 1.54. The van der Waals surface area contributed by atoms with Gasteiger partial charge in [0, 0.05) is 12.7 Å². The zero-order chi connectivity index (χ0) is 11.5. The van der Waals surface area contributed by atoms with Crippen LogP contribution in [0.2, 0.25) is 0 Å². The van der Waals surface area contributed by atoms with E-state index in [2.05, 4.69) is 15.2 Å². The van der Waals surface area contributed by atoms with Crippen LogP contribution >= 0.6 is 0 Å². The third-order valence-corrected chi connectivity index (χ3v) is 2.12. The Hall–Kier alpha value is -2.24. The van der Waals surface area contributed by atoms with Crippen LogP contribution in [0.3, 0.4) is 0 Å². The molecule has 0 bridgehead atoms. The van der Waals surface area contributed by atoms with E-state index >= 15 is 0 Å². The molecule has 1 aromatic heterocycles. The summed E-state index contributed by atoms with van der Waals surface area (Å²) in [5.74, 6) is -0.649. The van der Waals surface area contributed by atoms with Crippen LogP contribution < -0.4 is 4.90 Å². The maximum Gasteiger partial charge on any atom is 0.295 e. The smallest absolute Gasteiger partial charge is 0.295 e. The summed E-state index contributed by atoms with van der Waals surface area (Å²) in [6.07, 6.45) is 1.24. The molecule has 82 valence electrons. The SMILES string of the molecule is CN(C(=O)c1ncn[nH]1)c1cccc(F)c1. The number of hydrogen-bond donors (Lipinski definition) is 1. The summed E-state index contributed by atoms with van der Waals surface area (Å²) < 4.78 is 13.0. The van der Waals surface area contributed by atoms with Crippen molar-refractivity contribution in [2.45, 2.75) is 0 Å². The van der Waals surface area contributed by atoms with Crippen LogP contribution in [0.1, 0.15) is 10.6 Å². The molecule has 0 saturated heterocycles. The van der Waals surface area contributed by atoms with Crippen molar-refractivity contribution < 1.29 is 9.18 Å². The Labute approximate surface area is 90.9 Å². The molecule has 0 aliphatic rings. The second kappa shape index (κ2) is 4.09. The van der Waals surface area contributed by atoms with Gasteiger partial charge in [-0.3, -0.25) is 9.89 Å². The minimum Gasteiger partial charge on any atom is -0.309 e. The van der Waals surface area contributed by atoms with Crippen molar-refractivity contribution in [3.8, 4) is 0 Å². The fraction of sp³-hybridized carbons (Fsp3) is 0.100. The summed E-state index contributed by atoms with van der Waals surface area (Å²) in [6, 6.07) is 5.76. The number of anilines is 1. The molecule has 5 nitrogen and oxygen atoms in total. The van der Waals surface area contributed by atoms with E-state index < -0.39 is 5.82 Å². The molecule has 6 heteroatoms. The molecule has 0 radical (unpaired) electrons. The number of benzene rings is 1. The molecular formula is C10H9FN4O. The van der Waals surface area contributed by atoms with Gasteiger partial charge in [0.1, 0.15) is 12.1 Å². The highest BCUT2D eigenvalue weighted by Gasteiger charge is 2.16. The van der Waals surface area contributed by atoms with E-state index in [1.54, 1.807) is 13.1 Å². The van der Waals surface area contributed by atoms with Gasteiger partial charge in [0.25, 0.3) is 5.91 Å². The molecule has 16 heavy (non-hydrogen) atoms. The Morgan fingerprint density at radius 1 is 1.50 bits per heavy atom. The van der Waals surface area contributed by atoms with Crippen molar-refractivity contribution in [2.75, 3.05) is 11.9 Å². The molecule has 0 spiro atoms. The van der Waals surface area contributed by atoms with Gasteiger partial charge in [-0.05, 0) is 18.2 Å². The van der Waals surface area contributed by atoms with Crippen molar-refractivity contribution >= 4 is 11.6 Å². The lowest BCUT2D eigenvalue weighted by atomic mass is 10.3. The Balaban J connectivity index is 2.26. The Kier molecular flexibility index (Phi) is 2.63. The van der Waals surface area contributed by atoms with Crippen LogP contribution in [0.15, 0.2) is 30.6 Å². The number of rotatable bonds is 2. The zero-order valence-electron chi connectivity index (χ0n) is 8.51. The van der Waals surface area contributed by atoms with E-state index in [0.717, 1.165) is 0 Å².